The van der Waals surface area contributed by atoms with Crippen molar-refractivity contribution in [1.82, 2.24) is 15.0 Å². The molecular formula is C25H25ClN4O6S. The lowest BCUT2D eigenvalue weighted by atomic mass is 9.96. The van der Waals surface area contributed by atoms with Crippen molar-refractivity contribution in [3.05, 3.63) is 66.1 Å². The molecule has 0 bridgehead atoms. The second kappa shape index (κ2) is 10.2. The summed E-state index contributed by atoms with van der Waals surface area (Å²) in [7, 11) is -4.45. The fourth-order valence-corrected chi connectivity index (χ4v) is 6.58. The van der Waals surface area contributed by atoms with Crippen molar-refractivity contribution < 1.29 is 27.4 Å². The Morgan fingerprint density at radius 3 is 2.89 bits per heavy atom. The second-order valence-electron chi connectivity index (χ2n) is 8.77. The SMILES string of the molecule is NC(=O)C1C=CC=CC1(Oc1cnc2[nH]ccc2c1)S(=O)(=O)c1cnc(OCCC2CCCO2)c(Cl)c1. The Kier molecular flexibility index (Phi) is 6.93. The first-order valence-corrected chi connectivity index (χ1v) is 13.6. The number of halogens is 1. The molecule has 3 atom stereocenters. The number of pyridine rings is 2. The van der Waals surface area contributed by atoms with Crippen LogP contribution < -0.4 is 15.2 Å². The first kappa shape index (κ1) is 25.2. The van der Waals surface area contributed by atoms with Crippen molar-refractivity contribution in [2.75, 3.05) is 13.2 Å². The molecule has 1 saturated heterocycles. The first-order chi connectivity index (χ1) is 17.8. The molecule has 3 unspecified atom stereocenters. The third-order valence-electron chi connectivity index (χ3n) is 6.35. The summed E-state index contributed by atoms with van der Waals surface area (Å²) in [4.78, 5) is 21.3. The van der Waals surface area contributed by atoms with Gasteiger partial charge in [0.25, 0.3) is 0 Å². The van der Waals surface area contributed by atoms with Crippen molar-refractivity contribution in [2.24, 2.45) is 11.7 Å². The molecule has 37 heavy (non-hydrogen) atoms. The summed E-state index contributed by atoms with van der Waals surface area (Å²) in [6, 6.07) is 4.62. The standard InChI is InChI=1S/C25H25ClN4O6S/c26-21-13-19(15-30-24(21)35-11-7-17-4-3-10-34-17)37(32,33)25(8-2-1-5-20(25)22(27)31)36-18-12-16-6-9-28-23(16)29-14-18/h1-2,5-6,8-9,12-15,17,20H,3-4,7,10-11H2,(H2,27,31)(H,28,29). The fourth-order valence-electron chi connectivity index (χ4n) is 4.47. The Hall–Kier alpha value is -3.41. The quantitative estimate of drug-likeness (QED) is 0.417. The van der Waals surface area contributed by atoms with E-state index in [-0.39, 0.29) is 27.7 Å². The Morgan fingerprint density at radius 1 is 1.27 bits per heavy atom. The highest BCUT2D eigenvalue weighted by atomic mass is 35.5. The average Bonchev–Trinajstić information content (AvgIpc) is 3.57. The third kappa shape index (κ3) is 4.81. The van der Waals surface area contributed by atoms with Gasteiger partial charge in [0.2, 0.25) is 26.6 Å². The molecule has 194 valence electrons. The molecule has 5 rings (SSSR count). The van der Waals surface area contributed by atoms with E-state index in [0.29, 0.717) is 24.1 Å². The number of carbonyl (C=O) groups excluding carboxylic acids is 1. The van der Waals surface area contributed by atoms with E-state index >= 15 is 0 Å². The molecule has 3 N–H and O–H groups in total. The number of rotatable bonds is 9. The van der Waals surface area contributed by atoms with Crippen molar-refractivity contribution in [1.29, 1.82) is 0 Å². The molecular weight excluding hydrogens is 520 g/mol. The molecule has 1 aliphatic heterocycles. The Morgan fingerprint density at radius 2 is 2.14 bits per heavy atom. The summed E-state index contributed by atoms with van der Waals surface area (Å²) in [5.41, 5.74) is 6.24. The van der Waals surface area contributed by atoms with E-state index in [4.69, 9.17) is 31.5 Å². The molecule has 12 heteroatoms. The molecule has 2 aliphatic rings. The van der Waals surface area contributed by atoms with Crippen molar-refractivity contribution in [3.63, 3.8) is 0 Å². The molecule has 1 fully saturated rings. The van der Waals surface area contributed by atoms with Gasteiger partial charge in [-0.05, 0) is 37.1 Å². The number of nitrogens with two attached hydrogens (primary N) is 1. The number of allylic oxidation sites excluding steroid dienone is 2. The number of H-pyrrole nitrogens is 1. The monoisotopic (exact) mass is 544 g/mol. The van der Waals surface area contributed by atoms with E-state index in [1.54, 1.807) is 18.3 Å². The van der Waals surface area contributed by atoms with Gasteiger partial charge in [0.1, 0.15) is 22.3 Å². The maximum absolute atomic E-state index is 14.1. The summed E-state index contributed by atoms with van der Waals surface area (Å²) in [6.45, 7) is 1.06. The zero-order valence-electron chi connectivity index (χ0n) is 19.7. The van der Waals surface area contributed by atoms with Crippen LogP contribution in [0, 0.1) is 5.92 Å². The van der Waals surface area contributed by atoms with Gasteiger partial charge in [0, 0.05) is 30.8 Å². The van der Waals surface area contributed by atoms with Gasteiger partial charge in [-0.2, -0.15) is 0 Å². The molecule has 3 aromatic rings. The number of carbonyl (C=O) groups is 1. The lowest BCUT2D eigenvalue weighted by molar-refractivity contribution is -0.123. The van der Waals surface area contributed by atoms with E-state index in [0.717, 1.165) is 25.6 Å². The molecule has 4 heterocycles. The summed E-state index contributed by atoms with van der Waals surface area (Å²) in [5, 5.41) is 0.704. The van der Waals surface area contributed by atoms with Gasteiger partial charge < -0.3 is 24.9 Å². The highest BCUT2D eigenvalue weighted by molar-refractivity contribution is 7.93. The van der Waals surface area contributed by atoms with Crippen LogP contribution in [0.5, 0.6) is 11.6 Å². The van der Waals surface area contributed by atoms with Crippen LogP contribution in [0.2, 0.25) is 5.02 Å². The van der Waals surface area contributed by atoms with Gasteiger partial charge in [-0.15, -0.1) is 0 Å². The molecule has 1 aliphatic carbocycles. The van der Waals surface area contributed by atoms with Gasteiger partial charge in [0.15, 0.2) is 0 Å². The summed E-state index contributed by atoms with van der Waals surface area (Å²) in [6.07, 6.45) is 12.7. The van der Waals surface area contributed by atoms with Gasteiger partial charge in [-0.1, -0.05) is 29.8 Å². The number of nitrogens with one attached hydrogen (secondary N) is 1. The maximum atomic E-state index is 14.1. The molecule has 0 spiro atoms. The number of primary amides is 1. The van der Waals surface area contributed by atoms with Crippen LogP contribution in [-0.2, 0) is 19.4 Å². The first-order valence-electron chi connectivity index (χ1n) is 11.7. The minimum atomic E-state index is -4.45. The second-order valence-corrected chi connectivity index (χ2v) is 11.3. The number of aromatic nitrogens is 3. The van der Waals surface area contributed by atoms with Gasteiger partial charge in [0.05, 0.1) is 23.8 Å². The Bertz CT molecular complexity index is 1480. The molecule has 1 amide bonds. The number of nitrogens with zero attached hydrogens (tertiary/aromatic N) is 2. The van der Waals surface area contributed by atoms with E-state index in [9.17, 15) is 13.2 Å². The topological polar surface area (TPSA) is 146 Å². The number of fused-ring (bicyclic) bond motifs is 1. The van der Waals surface area contributed by atoms with E-state index < -0.39 is 26.6 Å². The maximum Gasteiger partial charge on any atom is 0.246 e. The van der Waals surface area contributed by atoms with Crippen LogP contribution in [-0.4, -0.2) is 53.5 Å². The van der Waals surface area contributed by atoms with Gasteiger partial charge in [-0.25, -0.2) is 18.4 Å². The summed E-state index contributed by atoms with van der Waals surface area (Å²) < 4.78 is 45.5. The molecule has 0 aromatic carbocycles. The minimum absolute atomic E-state index is 0.00457. The van der Waals surface area contributed by atoms with Gasteiger partial charge in [-0.3, -0.25) is 4.79 Å². The predicted molar refractivity (Wildman–Crippen MR) is 136 cm³/mol. The smallest absolute Gasteiger partial charge is 0.246 e. The lowest BCUT2D eigenvalue weighted by Gasteiger charge is -2.36. The molecule has 10 nitrogen and oxygen atoms in total. The van der Waals surface area contributed by atoms with Crippen molar-refractivity contribution in [3.8, 4) is 11.6 Å². The number of hydrogen-bond acceptors (Lipinski definition) is 8. The van der Waals surface area contributed by atoms with Crippen LogP contribution in [0.25, 0.3) is 11.0 Å². The number of ether oxygens (including phenoxy) is 3. The average molecular weight is 545 g/mol. The highest BCUT2D eigenvalue weighted by Crippen LogP contribution is 2.40. The van der Waals surface area contributed by atoms with Crippen LogP contribution in [0.15, 0.2) is 66.0 Å². The number of hydrogen-bond donors (Lipinski definition) is 2. The normalized spacial score (nSPS) is 23.4. The summed E-state index contributed by atoms with van der Waals surface area (Å²) in [5.74, 6) is -1.99. The van der Waals surface area contributed by atoms with Gasteiger partial charge >= 0.3 is 0 Å². The molecule has 0 saturated carbocycles. The van der Waals surface area contributed by atoms with Crippen LogP contribution in [0.4, 0.5) is 0 Å². The lowest BCUT2D eigenvalue weighted by Crippen LogP contribution is -2.54. The number of sulfone groups is 1. The largest absolute Gasteiger partial charge is 0.477 e. The Labute approximate surface area is 218 Å². The minimum Gasteiger partial charge on any atom is -0.477 e. The van der Waals surface area contributed by atoms with E-state index in [1.165, 1.54) is 36.6 Å². The van der Waals surface area contributed by atoms with Crippen LogP contribution >= 0.6 is 11.6 Å². The van der Waals surface area contributed by atoms with Crippen LogP contribution in [0.1, 0.15) is 19.3 Å². The zero-order chi connectivity index (χ0) is 26.0. The molecule has 0 radical (unpaired) electrons. The van der Waals surface area contributed by atoms with Crippen molar-refractivity contribution in [2.45, 2.75) is 35.2 Å². The molecule has 3 aromatic heterocycles. The highest BCUT2D eigenvalue weighted by Gasteiger charge is 2.54. The predicted octanol–water partition coefficient (Wildman–Crippen LogP) is 3.34. The number of aromatic amines is 1. The van der Waals surface area contributed by atoms with E-state index in [2.05, 4.69) is 15.0 Å². The Balaban J connectivity index is 1.48. The fraction of sp³-hybridized carbons (Fsp3) is 0.320. The van der Waals surface area contributed by atoms with E-state index in [1.807, 2.05) is 0 Å². The van der Waals surface area contributed by atoms with Crippen molar-refractivity contribution >= 4 is 38.4 Å². The summed E-state index contributed by atoms with van der Waals surface area (Å²) >= 11 is 6.37. The zero-order valence-corrected chi connectivity index (χ0v) is 21.2. The number of amides is 1. The van der Waals surface area contributed by atoms with Crippen LogP contribution in [0.3, 0.4) is 0 Å². The third-order valence-corrected chi connectivity index (χ3v) is 8.78.